The first kappa shape index (κ1) is 14.8. The molecular weight excluding hydrogens is 240 g/mol. The molecule has 4 nitrogen and oxygen atoms in total. The Hall–Kier alpha value is -0.610. The Labute approximate surface area is 116 Å². The zero-order chi connectivity index (χ0) is 13.9. The molecular formula is C15H28N2O2. The van der Waals surface area contributed by atoms with Crippen molar-refractivity contribution in [3.63, 3.8) is 0 Å². The molecule has 0 bridgehead atoms. The smallest absolute Gasteiger partial charge is 0.327 e. The van der Waals surface area contributed by atoms with Crippen LogP contribution in [0, 0.1) is 11.8 Å². The van der Waals surface area contributed by atoms with Gasteiger partial charge in [0.25, 0.3) is 0 Å². The lowest BCUT2D eigenvalue weighted by atomic mass is 9.90. The van der Waals surface area contributed by atoms with Gasteiger partial charge in [-0.2, -0.15) is 0 Å². The van der Waals surface area contributed by atoms with Gasteiger partial charge in [-0.3, -0.25) is 0 Å². The number of rotatable bonds is 6. The van der Waals surface area contributed by atoms with Crippen LogP contribution in [0.2, 0.25) is 0 Å². The Morgan fingerprint density at radius 2 is 2.11 bits per heavy atom. The molecule has 0 radical (unpaired) electrons. The quantitative estimate of drug-likeness (QED) is 0.746. The van der Waals surface area contributed by atoms with Crippen molar-refractivity contribution in [2.75, 3.05) is 26.2 Å². The molecule has 2 fully saturated rings. The van der Waals surface area contributed by atoms with E-state index in [0.717, 1.165) is 31.8 Å². The molecule has 0 amide bonds. The third-order valence-corrected chi connectivity index (χ3v) is 4.63. The molecule has 1 heterocycles. The second kappa shape index (κ2) is 6.23. The van der Waals surface area contributed by atoms with Crippen molar-refractivity contribution < 1.29 is 9.53 Å². The topological polar surface area (TPSA) is 55.6 Å². The van der Waals surface area contributed by atoms with Crippen LogP contribution in [-0.4, -0.2) is 42.6 Å². The van der Waals surface area contributed by atoms with E-state index in [9.17, 15) is 4.79 Å². The molecule has 0 aromatic heterocycles. The van der Waals surface area contributed by atoms with Crippen molar-refractivity contribution in [3.8, 4) is 0 Å². The van der Waals surface area contributed by atoms with E-state index in [1.807, 2.05) is 6.92 Å². The average Bonchev–Trinajstić information content (AvgIpc) is 3.23. The summed E-state index contributed by atoms with van der Waals surface area (Å²) in [6.45, 7) is 7.34. The van der Waals surface area contributed by atoms with E-state index in [1.54, 1.807) is 0 Å². The highest BCUT2D eigenvalue weighted by atomic mass is 16.5. The van der Waals surface area contributed by atoms with Crippen molar-refractivity contribution in [1.82, 2.24) is 4.90 Å². The number of carbonyl (C=O) groups excluding carboxylic acids is 1. The van der Waals surface area contributed by atoms with Crippen molar-refractivity contribution in [3.05, 3.63) is 0 Å². The fourth-order valence-electron chi connectivity index (χ4n) is 3.22. The number of esters is 1. The zero-order valence-electron chi connectivity index (χ0n) is 12.4. The summed E-state index contributed by atoms with van der Waals surface area (Å²) in [5.41, 5.74) is 5.66. The minimum absolute atomic E-state index is 0.198. The molecule has 1 aliphatic carbocycles. The predicted molar refractivity (Wildman–Crippen MR) is 75.7 cm³/mol. The van der Waals surface area contributed by atoms with E-state index >= 15 is 0 Å². The Kier molecular flexibility index (Phi) is 4.85. The predicted octanol–water partition coefficient (Wildman–Crippen LogP) is 1.78. The molecule has 0 aromatic carbocycles. The number of nitrogens with zero attached hydrogens (tertiary/aromatic N) is 1. The maximum atomic E-state index is 12.2. The highest BCUT2D eigenvalue weighted by Crippen LogP contribution is 2.40. The van der Waals surface area contributed by atoms with E-state index < -0.39 is 5.54 Å². The van der Waals surface area contributed by atoms with Gasteiger partial charge in [0.05, 0.1) is 6.61 Å². The van der Waals surface area contributed by atoms with Crippen LogP contribution in [0.5, 0.6) is 0 Å². The molecule has 1 aliphatic heterocycles. The van der Waals surface area contributed by atoms with Gasteiger partial charge < -0.3 is 15.4 Å². The largest absolute Gasteiger partial charge is 0.465 e. The Morgan fingerprint density at radius 3 is 2.68 bits per heavy atom. The first-order chi connectivity index (χ1) is 9.10. The van der Waals surface area contributed by atoms with Gasteiger partial charge in [-0.1, -0.05) is 13.3 Å². The van der Waals surface area contributed by atoms with Gasteiger partial charge in [0.2, 0.25) is 0 Å². The number of likely N-dealkylation sites (tertiary alicyclic amines) is 1. The molecule has 4 heteroatoms. The summed E-state index contributed by atoms with van der Waals surface area (Å²) in [6.07, 6.45) is 5.90. The van der Waals surface area contributed by atoms with Crippen LogP contribution in [0.3, 0.4) is 0 Å². The van der Waals surface area contributed by atoms with Gasteiger partial charge in [-0.05, 0) is 51.0 Å². The molecule has 1 saturated heterocycles. The van der Waals surface area contributed by atoms with E-state index in [1.165, 1.54) is 19.3 Å². The number of carbonyl (C=O) groups is 1. The van der Waals surface area contributed by atoms with Gasteiger partial charge >= 0.3 is 5.97 Å². The maximum absolute atomic E-state index is 12.2. The van der Waals surface area contributed by atoms with Gasteiger partial charge in [0.15, 0.2) is 0 Å². The van der Waals surface area contributed by atoms with Crippen LogP contribution in [0.1, 0.15) is 46.0 Å². The highest BCUT2D eigenvalue weighted by Gasteiger charge is 2.50. The molecule has 2 atom stereocenters. The molecule has 2 aliphatic rings. The number of ether oxygens (including phenoxy) is 1. The van der Waals surface area contributed by atoms with E-state index in [-0.39, 0.29) is 5.97 Å². The summed E-state index contributed by atoms with van der Waals surface area (Å²) >= 11 is 0. The Morgan fingerprint density at radius 1 is 1.37 bits per heavy atom. The monoisotopic (exact) mass is 268 g/mol. The standard InChI is InChI=1S/C15H28N2O2/c1-3-12-6-5-9-17(10-12)11-15(16,13-7-8-13)14(18)19-4-2/h12-13H,3-11,16H2,1-2H3. The van der Waals surface area contributed by atoms with E-state index in [4.69, 9.17) is 10.5 Å². The van der Waals surface area contributed by atoms with E-state index in [0.29, 0.717) is 19.1 Å². The van der Waals surface area contributed by atoms with Crippen LogP contribution in [0.4, 0.5) is 0 Å². The van der Waals surface area contributed by atoms with Crippen molar-refractivity contribution in [2.24, 2.45) is 17.6 Å². The second-order valence-corrected chi connectivity index (χ2v) is 6.19. The van der Waals surface area contributed by atoms with Crippen molar-refractivity contribution >= 4 is 5.97 Å². The summed E-state index contributed by atoms with van der Waals surface area (Å²) < 4.78 is 5.21. The molecule has 2 rings (SSSR count). The summed E-state index contributed by atoms with van der Waals surface area (Å²) in [4.78, 5) is 14.6. The third kappa shape index (κ3) is 3.48. The molecule has 2 unspecified atom stereocenters. The van der Waals surface area contributed by atoms with E-state index in [2.05, 4.69) is 11.8 Å². The number of nitrogens with two attached hydrogens (primary N) is 1. The average molecular weight is 268 g/mol. The Balaban J connectivity index is 1.98. The lowest BCUT2D eigenvalue weighted by Crippen LogP contribution is -2.59. The Bertz CT molecular complexity index is 317. The van der Waals surface area contributed by atoms with Gasteiger partial charge in [-0.15, -0.1) is 0 Å². The lowest BCUT2D eigenvalue weighted by molar-refractivity contribution is -0.151. The summed E-state index contributed by atoms with van der Waals surface area (Å²) in [6, 6.07) is 0. The fraction of sp³-hybridized carbons (Fsp3) is 0.933. The number of piperidine rings is 1. The van der Waals surface area contributed by atoms with Crippen LogP contribution in [0.15, 0.2) is 0 Å². The highest BCUT2D eigenvalue weighted by molar-refractivity contribution is 5.82. The molecule has 0 spiro atoms. The fourth-order valence-corrected chi connectivity index (χ4v) is 3.22. The summed E-state index contributed by atoms with van der Waals surface area (Å²) in [5.74, 6) is 0.893. The first-order valence-electron chi connectivity index (χ1n) is 7.78. The molecule has 2 N–H and O–H groups in total. The second-order valence-electron chi connectivity index (χ2n) is 6.19. The number of hydrogen-bond acceptors (Lipinski definition) is 4. The van der Waals surface area contributed by atoms with Gasteiger partial charge in [-0.25, -0.2) is 4.79 Å². The molecule has 0 aromatic rings. The lowest BCUT2D eigenvalue weighted by Gasteiger charge is -2.38. The van der Waals surface area contributed by atoms with Crippen LogP contribution >= 0.6 is 0 Å². The van der Waals surface area contributed by atoms with Crippen molar-refractivity contribution in [1.29, 1.82) is 0 Å². The number of hydrogen-bond donors (Lipinski definition) is 1. The third-order valence-electron chi connectivity index (χ3n) is 4.63. The maximum Gasteiger partial charge on any atom is 0.327 e. The van der Waals surface area contributed by atoms with Gasteiger partial charge in [0, 0.05) is 13.1 Å². The van der Waals surface area contributed by atoms with Gasteiger partial charge in [0.1, 0.15) is 5.54 Å². The van der Waals surface area contributed by atoms with Crippen LogP contribution in [0.25, 0.3) is 0 Å². The van der Waals surface area contributed by atoms with Crippen molar-refractivity contribution in [2.45, 2.75) is 51.5 Å². The van der Waals surface area contributed by atoms with Crippen LogP contribution < -0.4 is 5.73 Å². The molecule has 110 valence electrons. The summed E-state index contributed by atoms with van der Waals surface area (Å²) in [5, 5.41) is 0. The first-order valence-corrected chi connectivity index (χ1v) is 7.78. The normalized spacial score (nSPS) is 27.8. The molecule has 1 saturated carbocycles. The molecule has 19 heavy (non-hydrogen) atoms. The summed E-state index contributed by atoms with van der Waals surface area (Å²) in [7, 11) is 0. The zero-order valence-corrected chi connectivity index (χ0v) is 12.4. The minimum atomic E-state index is -0.772. The minimum Gasteiger partial charge on any atom is -0.465 e. The van der Waals surface area contributed by atoms with Crippen LogP contribution in [-0.2, 0) is 9.53 Å². The SMILES string of the molecule is CCOC(=O)C(N)(CN1CCCC(CC)C1)C1CC1.